The standard InChI is InChI=1S/C17H15Cl2N3O2S/c1-9-12(10(2)24-21-9)7-22(3)17(23)15-8-25-16(20-15)11-4-5-13(18)14(19)6-11/h4-6,8H,7H2,1-3H3. The molecule has 0 unspecified atom stereocenters. The number of carbonyl (C=O) groups is 1. The van der Waals surface area contributed by atoms with Crippen LogP contribution in [-0.2, 0) is 6.54 Å². The molecule has 0 bridgehead atoms. The summed E-state index contributed by atoms with van der Waals surface area (Å²) in [5.41, 5.74) is 2.91. The Morgan fingerprint density at radius 1 is 1.28 bits per heavy atom. The highest BCUT2D eigenvalue weighted by molar-refractivity contribution is 7.13. The number of hydrogen-bond donors (Lipinski definition) is 0. The molecular weight excluding hydrogens is 381 g/mol. The first-order valence-electron chi connectivity index (χ1n) is 7.45. The molecule has 0 atom stereocenters. The molecule has 130 valence electrons. The average molecular weight is 396 g/mol. The Kier molecular flexibility index (Phi) is 5.13. The summed E-state index contributed by atoms with van der Waals surface area (Å²) in [7, 11) is 1.73. The minimum atomic E-state index is -0.164. The maximum atomic E-state index is 12.6. The van der Waals surface area contributed by atoms with Gasteiger partial charge in [-0.05, 0) is 26.0 Å². The Morgan fingerprint density at radius 3 is 2.68 bits per heavy atom. The topological polar surface area (TPSA) is 59.2 Å². The SMILES string of the molecule is Cc1noc(C)c1CN(C)C(=O)c1csc(-c2ccc(Cl)c(Cl)c2)n1. The molecule has 0 spiro atoms. The summed E-state index contributed by atoms with van der Waals surface area (Å²) in [6.07, 6.45) is 0. The minimum Gasteiger partial charge on any atom is -0.361 e. The van der Waals surface area contributed by atoms with Gasteiger partial charge in [-0.25, -0.2) is 4.98 Å². The third-order valence-electron chi connectivity index (χ3n) is 3.81. The van der Waals surface area contributed by atoms with Crippen LogP contribution in [0.3, 0.4) is 0 Å². The first-order valence-corrected chi connectivity index (χ1v) is 9.08. The zero-order valence-electron chi connectivity index (χ0n) is 13.8. The molecule has 3 rings (SSSR count). The number of hydrogen-bond acceptors (Lipinski definition) is 5. The highest BCUT2D eigenvalue weighted by Crippen LogP contribution is 2.30. The van der Waals surface area contributed by atoms with Gasteiger partial charge in [0, 0.05) is 23.6 Å². The smallest absolute Gasteiger partial charge is 0.273 e. The van der Waals surface area contributed by atoms with Gasteiger partial charge in [-0.1, -0.05) is 34.4 Å². The molecule has 0 saturated carbocycles. The summed E-state index contributed by atoms with van der Waals surface area (Å²) in [4.78, 5) is 18.7. The summed E-state index contributed by atoms with van der Waals surface area (Å²) < 4.78 is 5.14. The fraction of sp³-hybridized carbons (Fsp3) is 0.235. The molecule has 8 heteroatoms. The summed E-state index contributed by atoms with van der Waals surface area (Å²) in [6.45, 7) is 4.11. The molecule has 0 N–H and O–H groups in total. The van der Waals surface area contributed by atoms with Gasteiger partial charge in [-0.15, -0.1) is 11.3 Å². The Labute approximate surface area is 159 Å². The molecule has 1 aromatic carbocycles. The van der Waals surface area contributed by atoms with Gasteiger partial charge in [0.15, 0.2) is 0 Å². The second-order valence-electron chi connectivity index (χ2n) is 5.63. The van der Waals surface area contributed by atoms with Crippen molar-refractivity contribution in [3.63, 3.8) is 0 Å². The normalized spacial score (nSPS) is 10.9. The van der Waals surface area contributed by atoms with Crippen LogP contribution in [0.15, 0.2) is 28.1 Å². The zero-order valence-corrected chi connectivity index (χ0v) is 16.2. The predicted octanol–water partition coefficient (Wildman–Crippen LogP) is 4.99. The van der Waals surface area contributed by atoms with Gasteiger partial charge in [-0.3, -0.25) is 4.79 Å². The van der Waals surface area contributed by atoms with Gasteiger partial charge >= 0.3 is 0 Å². The summed E-state index contributed by atoms with van der Waals surface area (Å²) in [5.74, 6) is 0.550. The lowest BCUT2D eigenvalue weighted by Gasteiger charge is -2.15. The molecule has 0 saturated heterocycles. The van der Waals surface area contributed by atoms with E-state index in [2.05, 4.69) is 10.1 Å². The highest BCUT2D eigenvalue weighted by Gasteiger charge is 2.19. The van der Waals surface area contributed by atoms with Crippen LogP contribution in [0.1, 0.15) is 27.5 Å². The van der Waals surface area contributed by atoms with Crippen LogP contribution >= 0.6 is 34.5 Å². The van der Waals surface area contributed by atoms with Crippen molar-refractivity contribution in [2.45, 2.75) is 20.4 Å². The monoisotopic (exact) mass is 395 g/mol. The molecule has 0 aliphatic rings. The van der Waals surface area contributed by atoms with Crippen molar-refractivity contribution < 1.29 is 9.32 Å². The number of aromatic nitrogens is 2. The van der Waals surface area contributed by atoms with Gasteiger partial charge in [0.1, 0.15) is 16.5 Å². The van der Waals surface area contributed by atoms with Gasteiger partial charge in [0.25, 0.3) is 5.91 Å². The van der Waals surface area contributed by atoms with Crippen molar-refractivity contribution in [2.75, 3.05) is 7.05 Å². The second kappa shape index (κ2) is 7.15. The Morgan fingerprint density at radius 2 is 2.04 bits per heavy atom. The number of amides is 1. The second-order valence-corrected chi connectivity index (χ2v) is 7.30. The highest BCUT2D eigenvalue weighted by atomic mass is 35.5. The first-order chi connectivity index (χ1) is 11.9. The van der Waals surface area contributed by atoms with Crippen LogP contribution < -0.4 is 0 Å². The van der Waals surface area contributed by atoms with Gasteiger partial charge in [0.05, 0.1) is 22.3 Å². The summed E-state index contributed by atoms with van der Waals surface area (Å²) >= 11 is 13.4. The Bertz CT molecular complexity index is 916. The maximum absolute atomic E-state index is 12.6. The molecule has 0 radical (unpaired) electrons. The van der Waals surface area contributed by atoms with E-state index < -0.39 is 0 Å². The molecule has 2 aromatic heterocycles. The fourth-order valence-electron chi connectivity index (χ4n) is 2.37. The van der Waals surface area contributed by atoms with Crippen molar-refractivity contribution in [3.05, 3.63) is 56.3 Å². The molecule has 0 aliphatic carbocycles. The van der Waals surface area contributed by atoms with Crippen LogP contribution in [-0.4, -0.2) is 28.0 Å². The van der Waals surface area contributed by atoms with Gasteiger partial charge < -0.3 is 9.42 Å². The van der Waals surface area contributed by atoms with E-state index >= 15 is 0 Å². The van der Waals surface area contributed by atoms with E-state index in [-0.39, 0.29) is 5.91 Å². The number of aryl methyl sites for hydroxylation is 2. The third-order valence-corrected chi connectivity index (χ3v) is 5.44. The Hall–Kier alpha value is -1.89. The van der Waals surface area contributed by atoms with E-state index in [1.54, 1.807) is 29.5 Å². The zero-order chi connectivity index (χ0) is 18.1. The number of halogens is 2. The third kappa shape index (κ3) is 3.71. The van der Waals surface area contributed by atoms with E-state index in [0.29, 0.717) is 33.1 Å². The molecule has 0 fully saturated rings. The lowest BCUT2D eigenvalue weighted by Crippen LogP contribution is -2.26. The van der Waals surface area contributed by atoms with Crippen LogP contribution in [0.5, 0.6) is 0 Å². The van der Waals surface area contributed by atoms with Crippen molar-refractivity contribution in [1.82, 2.24) is 15.0 Å². The molecule has 3 aromatic rings. The van der Waals surface area contributed by atoms with Crippen LogP contribution in [0.4, 0.5) is 0 Å². The van der Waals surface area contributed by atoms with Crippen molar-refractivity contribution >= 4 is 40.4 Å². The quantitative estimate of drug-likeness (QED) is 0.623. The number of carbonyl (C=O) groups excluding carboxylic acids is 1. The first kappa shape index (κ1) is 17.9. The molecule has 2 heterocycles. The largest absolute Gasteiger partial charge is 0.361 e. The van der Waals surface area contributed by atoms with Crippen LogP contribution in [0.25, 0.3) is 10.6 Å². The van der Waals surface area contributed by atoms with Crippen molar-refractivity contribution in [1.29, 1.82) is 0 Å². The van der Waals surface area contributed by atoms with Crippen LogP contribution in [0.2, 0.25) is 10.0 Å². The van der Waals surface area contributed by atoms with Gasteiger partial charge in [-0.2, -0.15) is 0 Å². The summed E-state index contributed by atoms with van der Waals surface area (Å²) in [5, 5.41) is 7.31. The molecule has 0 aliphatic heterocycles. The predicted molar refractivity (Wildman–Crippen MR) is 99.3 cm³/mol. The van der Waals surface area contributed by atoms with E-state index in [4.69, 9.17) is 27.7 Å². The van der Waals surface area contributed by atoms with E-state index in [1.807, 2.05) is 19.9 Å². The van der Waals surface area contributed by atoms with Crippen LogP contribution in [0, 0.1) is 13.8 Å². The molecular formula is C17H15Cl2N3O2S. The number of thiazole rings is 1. The number of nitrogens with zero attached hydrogens (tertiary/aromatic N) is 3. The lowest BCUT2D eigenvalue weighted by molar-refractivity contribution is 0.0779. The van der Waals surface area contributed by atoms with E-state index in [1.165, 1.54) is 11.3 Å². The minimum absolute atomic E-state index is 0.164. The van der Waals surface area contributed by atoms with Crippen molar-refractivity contribution in [3.8, 4) is 10.6 Å². The average Bonchev–Trinajstić information content (AvgIpc) is 3.19. The number of benzene rings is 1. The molecule has 25 heavy (non-hydrogen) atoms. The summed E-state index contributed by atoms with van der Waals surface area (Å²) in [6, 6.07) is 5.28. The van der Waals surface area contributed by atoms with Gasteiger partial charge in [0.2, 0.25) is 0 Å². The van der Waals surface area contributed by atoms with Crippen molar-refractivity contribution in [2.24, 2.45) is 0 Å². The maximum Gasteiger partial charge on any atom is 0.273 e. The van der Waals surface area contributed by atoms with E-state index in [9.17, 15) is 4.79 Å². The van der Waals surface area contributed by atoms with E-state index in [0.717, 1.165) is 16.8 Å². The fourth-order valence-corrected chi connectivity index (χ4v) is 3.45. The lowest BCUT2D eigenvalue weighted by atomic mass is 10.2. The Balaban J connectivity index is 1.79. The molecule has 5 nitrogen and oxygen atoms in total. The molecule has 1 amide bonds. The number of rotatable bonds is 4.